The molecule has 1 N–H and O–H groups in total. The van der Waals surface area contributed by atoms with E-state index in [1.54, 1.807) is 16.7 Å². The lowest BCUT2D eigenvalue weighted by atomic mass is 10.0. The van der Waals surface area contributed by atoms with Gasteiger partial charge in [0.2, 0.25) is 5.91 Å². The van der Waals surface area contributed by atoms with E-state index in [4.69, 9.17) is 0 Å². The minimum absolute atomic E-state index is 0.00683. The molecule has 2 atom stereocenters. The van der Waals surface area contributed by atoms with Crippen molar-refractivity contribution < 1.29 is 14.7 Å². The first-order valence-electron chi connectivity index (χ1n) is 7.24. The number of nitrogens with zero attached hydrogens (tertiary/aromatic N) is 1. The zero-order chi connectivity index (χ0) is 15.4. The standard InChI is InChI=1S/C16H21NO3S/c1-3-6-15-17(13(10-21-15)16(19)20)14(18)9-12-8-5-4-7-11(12)2/h4-5,7-8,13,15H,3,6,9-10H2,1-2H3,(H,19,20). The Labute approximate surface area is 129 Å². The van der Waals surface area contributed by atoms with Crippen LogP contribution < -0.4 is 0 Å². The Morgan fingerprint density at radius 3 is 2.71 bits per heavy atom. The summed E-state index contributed by atoms with van der Waals surface area (Å²) in [4.78, 5) is 25.6. The Balaban J connectivity index is 2.17. The van der Waals surface area contributed by atoms with Gasteiger partial charge in [-0.1, -0.05) is 37.6 Å². The summed E-state index contributed by atoms with van der Waals surface area (Å²) in [6.07, 6.45) is 2.06. The molecule has 0 spiro atoms. The van der Waals surface area contributed by atoms with Crippen molar-refractivity contribution in [1.29, 1.82) is 0 Å². The zero-order valence-electron chi connectivity index (χ0n) is 12.4. The molecular weight excluding hydrogens is 286 g/mol. The molecule has 1 fully saturated rings. The maximum Gasteiger partial charge on any atom is 0.327 e. The molecule has 1 saturated heterocycles. The highest BCUT2D eigenvalue weighted by molar-refractivity contribution is 8.00. The topological polar surface area (TPSA) is 57.6 Å². The van der Waals surface area contributed by atoms with E-state index in [9.17, 15) is 14.7 Å². The third-order valence-electron chi connectivity index (χ3n) is 3.80. The van der Waals surface area contributed by atoms with E-state index in [1.165, 1.54) is 0 Å². The van der Waals surface area contributed by atoms with Crippen molar-refractivity contribution in [2.75, 3.05) is 5.75 Å². The minimum Gasteiger partial charge on any atom is -0.480 e. The second-order valence-electron chi connectivity index (χ2n) is 5.33. The molecule has 0 saturated carbocycles. The average Bonchev–Trinajstić information content (AvgIpc) is 2.86. The number of hydrogen-bond acceptors (Lipinski definition) is 3. The van der Waals surface area contributed by atoms with Crippen LogP contribution in [0.1, 0.15) is 30.9 Å². The number of aliphatic carboxylic acids is 1. The van der Waals surface area contributed by atoms with Crippen LogP contribution in [0.15, 0.2) is 24.3 Å². The number of carbonyl (C=O) groups excluding carboxylic acids is 1. The van der Waals surface area contributed by atoms with Crippen molar-refractivity contribution in [2.45, 2.75) is 44.5 Å². The molecule has 5 heteroatoms. The Kier molecular flexibility index (Phi) is 5.28. The van der Waals surface area contributed by atoms with Gasteiger partial charge >= 0.3 is 5.97 Å². The van der Waals surface area contributed by atoms with Gasteiger partial charge in [0.15, 0.2) is 0 Å². The maximum atomic E-state index is 12.6. The fourth-order valence-electron chi connectivity index (χ4n) is 2.62. The second-order valence-corrected chi connectivity index (χ2v) is 6.55. The van der Waals surface area contributed by atoms with E-state index in [1.807, 2.05) is 31.2 Å². The van der Waals surface area contributed by atoms with Gasteiger partial charge < -0.3 is 10.0 Å². The van der Waals surface area contributed by atoms with Gasteiger partial charge in [0, 0.05) is 5.75 Å². The number of carboxylic acids is 1. The Morgan fingerprint density at radius 2 is 2.10 bits per heavy atom. The molecule has 0 bridgehead atoms. The molecule has 2 rings (SSSR count). The first-order chi connectivity index (χ1) is 10.0. The Hall–Kier alpha value is -1.49. The molecule has 1 heterocycles. The van der Waals surface area contributed by atoms with Gasteiger partial charge in [-0.25, -0.2) is 4.79 Å². The molecule has 2 unspecified atom stereocenters. The number of carbonyl (C=O) groups is 2. The van der Waals surface area contributed by atoms with Crippen molar-refractivity contribution >= 4 is 23.6 Å². The molecule has 1 aromatic rings. The summed E-state index contributed by atoms with van der Waals surface area (Å²) >= 11 is 1.58. The van der Waals surface area contributed by atoms with Crippen LogP contribution in [0.2, 0.25) is 0 Å². The Bertz CT molecular complexity index is 532. The number of benzene rings is 1. The van der Waals surface area contributed by atoms with E-state index < -0.39 is 12.0 Å². The molecule has 0 radical (unpaired) electrons. The lowest BCUT2D eigenvalue weighted by molar-refractivity contribution is -0.148. The zero-order valence-corrected chi connectivity index (χ0v) is 13.2. The summed E-state index contributed by atoms with van der Waals surface area (Å²) in [6.45, 7) is 4.03. The van der Waals surface area contributed by atoms with Gasteiger partial charge in [-0.05, 0) is 24.5 Å². The summed E-state index contributed by atoms with van der Waals surface area (Å²) in [6, 6.07) is 7.06. The van der Waals surface area contributed by atoms with Crippen molar-refractivity contribution in [3.05, 3.63) is 35.4 Å². The fourth-order valence-corrected chi connectivity index (χ4v) is 4.16. The predicted octanol–water partition coefficient (Wildman–Crippen LogP) is 2.69. The normalized spacial score (nSPS) is 21.5. The number of aryl methyl sites for hydroxylation is 1. The third kappa shape index (κ3) is 3.59. The SMILES string of the molecule is CCCC1SCC(C(=O)O)N1C(=O)Cc1ccccc1C. The highest BCUT2D eigenvalue weighted by atomic mass is 32.2. The van der Waals surface area contributed by atoms with Crippen LogP contribution in [-0.2, 0) is 16.0 Å². The van der Waals surface area contributed by atoms with Crippen LogP contribution in [0, 0.1) is 6.92 Å². The minimum atomic E-state index is -0.903. The van der Waals surface area contributed by atoms with Crippen LogP contribution in [-0.4, -0.2) is 39.1 Å². The first kappa shape index (κ1) is 15.9. The summed E-state index contributed by atoms with van der Waals surface area (Å²) in [5.74, 6) is -0.501. The van der Waals surface area contributed by atoms with E-state index >= 15 is 0 Å². The second kappa shape index (κ2) is 6.98. The molecular formula is C16H21NO3S. The molecule has 0 aliphatic carbocycles. The molecule has 1 aromatic carbocycles. The molecule has 1 aliphatic rings. The van der Waals surface area contributed by atoms with Crippen molar-refractivity contribution in [2.24, 2.45) is 0 Å². The van der Waals surface area contributed by atoms with Crippen LogP contribution in [0.25, 0.3) is 0 Å². The van der Waals surface area contributed by atoms with Crippen LogP contribution in [0.3, 0.4) is 0 Å². The number of amides is 1. The van der Waals surface area contributed by atoms with E-state index in [2.05, 4.69) is 6.92 Å². The van der Waals surface area contributed by atoms with Crippen molar-refractivity contribution in [3.8, 4) is 0 Å². The van der Waals surface area contributed by atoms with E-state index in [-0.39, 0.29) is 17.7 Å². The molecule has 1 aliphatic heterocycles. The number of hydrogen-bond donors (Lipinski definition) is 1. The summed E-state index contributed by atoms with van der Waals surface area (Å²) in [5.41, 5.74) is 2.04. The third-order valence-corrected chi connectivity index (χ3v) is 5.16. The van der Waals surface area contributed by atoms with Crippen LogP contribution in [0.5, 0.6) is 0 Å². The molecule has 1 amide bonds. The monoisotopic (exact) mass is 307 g/mol. The average molecular weight is 307 g/mol. The highest BCUT2D eigenvalue weighted by Crippen LogP contribution is 2.33. The lowest BCUT2D eigenvalue weighted by Crippen LogP contribution is -2.46. The summed E-state index contributed by atoms with van der Waals surface area (Å²) < 4.78 is 0. The first-order valence-corrected chi connectivity index (χ1v) is 8.29. The summed E-state index contributed by atoms with van der Waals surface area (Å²) in [7, 11) is 0. The number of thioether (sulfide) groups is 1. The molecule has 0 aromatic heterocycles. The van der Waals surface area contributed by atoms with Gasteiger partial charge in [-0.3, -0.25) is 4.79 Å². The van der Waals surface area contributed by atoms with Crippen LogP contribution >= 0.6 is 11.8 Å². The number of carboxylic acid groups (broad SMARTS) is 1. The fraction of sp³-hybridized carbons (Fsp3) is 0.500. The Morgan fingerprint density at radius 1 is 1.38 bits per heavy atom. The highest BCUT2D eigenvalue weighted by Gasteiger charge is 2.40. The van der Waals surface area contributed by atoms with Gasteiger partial charge in [-0.2, -0.15) is 0 Å². The van der Waals surface area contributed by atoms with Gasteiger partial charge in [-0.15, -0.1) is 11.8 Å². The smallest absolute Gasteiger partial charge is 0.327 e. The molecule has 21 heavy (non-hydrogen) atoms. The van der Waals surface area contributed by atoms with E-state index in [0.29, 0.717) is 5.75 Å². The quantitative estimate of drug-likeness (QED) is 0.908. The van der Waals surface area contributed by atoms with Gasteiger partial charge in [0.25, 0.3) is 0 Å². The van der Waals surface area contributed by atoms with Gasteiger partial charge in [0.05, 0.1) is 11.8 Å². The molecule has 4 nitrogen and oxygen atoms in total. The molecule has 114 valence electrons. The van der Waals surface area contributed by atoms with Crippen molar-refractivity contribution in [3.63, 3.8) is 0 Å². The van der Waals surface area contributed by atoms with Crippen LogP contribution in [0.4, 0.5) is 0 Å². The maximum absolute atomic E-state index is 12.6. The van der Waals surface area contributed by atoms with E-state index in [0.717, 1.165) is 24.0 Å². The van der Waals surface area contributed by atoms with Gasteiger partial charge in [0.1, 0.15) is 6.04 Å². The summed E-state index contributed by atoms with van der Waals surface area (Å²) in [5, 5.41) is 9.33. The number of rotatable bonds is 5. The predicted molar refractivity (Wildman–Crippen MR) is 84.3 cm³/mol. The largest absolute Gasteiger partial charge is 0.480 e. The lowest BCUT2D eigenvalue weighted by Gasteiger charge is -2.27. The van der Waals surface area contributed by atoms with Crippen molar-refractivity contribution in [1.82, 2.24) is 4.90 Å².